The first-order valence-electron chi connectivity index (χ1n) is 12.0. The van der Waals surface area contributed by atoms with E-state index < -0.39 is 34.9 Å². The van der Waals surface area contributed by atoms with E-state index in [0.29, 0.717) is 43.1 Å². The second-order valence-electron chi connectivity index (χ2n) is 9.33. The Morgan fingerprint density at radius 2 is 1.68 bits per heavy atom. The summed E-state index contributed by atoms with van der Waals surface area (Å²) < 4.78 is 5.36. The Hall–Kier alpha value is -4.03. The lowest BCUT2D eigenvalue weighted by molar-refractivity contribution is -0.136. The number of carbonyl (C=O) groups excluding carboxylic acids is 3. The SMILES string of the molecule is O=C1CCC(N2Cc3c(NCc4c(O)c(O)c(O)c(O)c4CN4CCOCC4)cccc3C2=O)C(=O)N1. The maximum atomic E-state index is 13.1. The summed E-state index contributed by atoms with van der Waals surface area (Å²) in [6.45, 7) is 2.55. The molecule has 3 heterocycles. The van der Waals surface area contributed by atoms with Crippen molar-refractivity contribution in [3.8, 4) is 23.0 Å². The van der Waals surface area contributed by atoms with Crippen LogP contribution in [0.25, 0.3) is 0 Å². The minimum Gasteiger partial charge on any atom is -0.504 e. The van der Waals surface area contributed by atoms with Gasteiger partial charge in [-0.3, -0.25) is 24.6 Å². The van der Waals surface area contributed by atoms with Crippen LogP contribution >= 0.6 is 0 Å². The molecule has 0 aliphatic carbocycles. The van der Waals surface area contributed by atoms with Gasteiger partial charge in [-0.15, -0.1) is 0 Å². The van der Waals surface area contributed by atoms with Gasteiger partial charge in [0.25, 0.3) is 5.91 Å². The minimum atomic E-state index is -0.822. The number of imide groups is 1. The van der Waals surface area contributed by atoms with Gasteiger partial charge in [0.2, 0.25) is 23.3 Å². The zero-order chi connectivity index (χ0) is 26.3. The minimum absolute atomic E-state index is 0.0318. The molecule has 1 unspecified atom stereocenters. The molecule has 2 saturated heterocycles. The standard InChI is InChI=1S/C25H28N4O8/c30-19-5-4-18(24(35)27-19)29-12-15-13(25(29)36)2-1-3-17(15)26-10-14-16(11-28-6-8-37-9-7-28)21(32)23(34)22(33)20(14)31/h1-3,18,26,31-34H,4-12H2,(H,27,30,35). The molecule has 6 N–H and O–H groups in total. The van der Waals surface area contributed by atoms with Crippen LogP contribution in [0, 0.1) is 0 Å². The fourth-order valence-electron chi connectivity index (χ4n) is 5.07. The number of phenols is 4. The number of fused-ring (bicyclic) bond motifs is 1. The van der Waals surface area contributed by atoms with E-state index in [0.717, 1.165) is 0 Å². The van der Waals surface area contributed by atoms with Gasteiger partial charge in [-0.05, 0) is 18.6 Å². The van der Waals surface area contributed by atoms with Crippen LogP contribution in [0.3, 0.4) is 0 Å². The highest BCUT2D eigenvalue weighted by molar-refractivity contribution is 6.06. The summed E-state index contributed by atoms with van der Waals surface area (Å²) in [7, 11) is 0. The maximum Gasteiger partial charge on any atom is 0.255 e. The molecule has 12 heteroatoms. The van der Waals surface area contributed by atoms with Gasteiger partial charge >= 0.3 is 0 Å². The number of aromatic hydroxyl groups is 4. The Morgan fingerprint density at radius 1 is 0.973 bits per heavy atom. The van der Waals surface area contributed by atoms with Crippen molar-refractivity contribution in [2.24, 2.45) is 0 Å². The average molecular weight is 513 g/mol. The van der Waals surface area contributed by atoms with Crippen molar-refractivity contribution in [2.45, 2.75) is 38.5 Å². The molecule has 3 aliphatic rings. The monoisotopic (exact) mass is 512 g/mol. The number of hydrogen-bond donors (Lipinski definition) is 6. The fourth-order valence-corrected chi connectivity index (χ4v) is 5.07. The lowest BCUT2D eigenvalue weighted by Gasteiger charge is -2.29. The summed E-state index contributed by atoms with van der Waals surface area (Å²) >= 11 is 0. The van der Waals surface area contributed by atoms with E-state index in [-0.39, 0.29) is 55.4 Å². The highest BCUT2D eigenvalue weighted by Gasteiger charge is 2.40. The molecule has 0 aromatic heterocycles. The Bertz CT molecular complexity index is 1270. The Balaban J connectivity index is 1.40. The van der Waals surface area contributed by atoms with Crippen LogP contribution in [-0.4, -0.2) is 80.3 Å². The summed E-state index contributed by atoms with van der Waals surface area (Å²) in [4.78, 5) is 40.4. The number of nitrogens with zero attached hydrogens (tertiary/aromatic N) is 2. The van der Waals surface area contributed by atoms with Crippen molar-refractivity contribution in [2.75, 3.05) is 31.6 Å². The molecule has 2 fully saturated rings. The van der Waals surface area contributed by atoms with E-state index in [1.807, 2.05) is 4.90 Å². The fraction of sp³-hybridized carbons (Fsp3) is 0.400. The molecule has 0 saturated carbocycles. The van der Waals surface area contributed by atoms with Crippen LogP contribution in [0.4, 0.5) is 5.69 Å². The second-order valence-corrected chi connectivity index (χ2v) is 9.33. The number of nitrogens with one attached hydrogen (secondary N) is 2. The Morgan fingerprint density at radius 3 is 2.38 bits per heavy atom. The van der Waals surface area contributed by atoms with E-state index in [1.165, 1.54) is 4.90 Å². The van der Waals surface area contributed by atoms with Gasteiger partial charge in [0, 0.05) is 67.1 Å². The molecule has 2 aromatic carbocycles. The molecule has 37 heavy (non-hydrogen) atoms. The summed E-state index contributed by atoms with van der Waals surface area (Å²) in [5.41, 5.74) is 2.10. The van der Waals surface area contributed by atoms with Crippen LogP contribution in [0.1, 0.15) is 39.9 Å². The zero-order valence-electron chi connectivity index (χ0n) is 20.0. The molecule has 1 atom stereocenters. The number of piperidine rings is 1. The number of hydrogen-bond acceptors (Lipinski definition) is 10. The molecule has 5 rings (SSSR count). The van der Waals surface area contributed by atoms with Crippen LogP contribution < -0.4 is 10.6 Å². The third-order valence-corrected chi connectivity index (χ3v) is 7.13. The van der Waals surface area contributed by atoms with Crippen molar-refractivity contribution in [3.63, 3.8) is 0 Å². The molecule has 196 valence electrons. The van der Waals surface area contributed by atoms with Gasteiger partial charge in [-0.25, -0.2) is 0 Å². The zero-order valence-corrected chi connectivity index (χ0v) is 20.0. The van der Waals surface area contributed by atoms with Gasteiger partial charge in [-0.2, -0.15) is 0 Å². The van der Waals surface area contributed by atoms with E-state index >= 15 is 0 Å². The molecule has 3 amide bonds. The summed E-state index contributed by atoms with van der Waals surface area (Å²) in [6.07, 6.45) is 0.401. The number of amides is 3. The van der Waals surface area contributed by atoms with Gasteiger partial charge in [-0.1, -0.05) is 6.07 Å². The number of benzene rings is 2. The van der Waals surface area contributed by atoms with Crippen LogP contribution in [-0.2, 0) is 34.0 Å². The molecular weight excluding hydrogens is 484 g/mol. The average Bonchev–Trinajstić information content (AvgIpc) is 3.23. The maximum absolute atomic E-state index is 13.1. The van der Waals surface area contributed by atoms with E-state index in [9.17, 15) is 34.8 Å². The summed E-state index contributed by atoms with van der Waals surface area (Å²) in [6, 6.07) is 4.35. The highest BCUT2D eigenvalue weighted by Crippen LogP contribution is 2.48. The number of rotatable bonds is 6. The lowest BCUT2D eigenvalue weighted by atomic mass is 10.0. The first-order chi connectivity index (χ1) is 17.8. The largest absolute Gasteiger partial charge is 0.504 e. The molecule has 3 aliphatic heterocycles. The van der Waals surface area contributed by atoms with Crippen molar-refractivity contribution >= 4 is 23.4 Å². The van der Waals surface area contributed by atoms with Crippen LogP contribution in [0.5, 0.6) is 23.0 Å². The smallest absolute Gasteiger partial charge is 0.255 e. The van der Waals surface area contributed by atoms with Gasteiger partial charge in [0.15, 0.2) is 11.5 Å². The Kier molecular flexibility index (Phi) is 6.52. The number of carbonyl (C=O) groups is 3. The quantitative estimate of drug-likeness (QED) is 0.184. The predicted octanol–water partition coefficient (Wildman–Crippen LogP) is 0.714. The van der Waals surface area contributed by atoms with Crippen LogP contribution in [0.15, 0.2) is 18.2 Å². The third-order valence-electron chi connectivity index (χ3n) is 7.13. The van der Waals surface area contributed by atoms with Gasteiger partial charge in [0.1, 0.15) is 6.04 Å². The van der Waals surface area contributed by atoms with Crippen molar-refractivity contribution in [1.82, 2.24) is 15.1 Å². The number of phenolic OH excluding ortho intramolecular Hbond substituents is 4. The first-order valence-corrected chi connectivity index (χ1v) is 12.0. The number of ether oxygens (including phenoxy) is 1. The lowest BCUT2D eigenvalue weighted by Crippen LogP contribution is -2.52. The van der Waals surface area contributed by atoms with Crippen LogP contribution in [0.2, 0.25) is 0 Å². The summed E-state index contributed by atoms with van der Waals surface area (Å²) in [5, 5.41) is 47.0. The second kappa shape index (κ2) is 9.79. The molecule has 12 nitrogen and oxygen atoms in total. The van der Waals surface area contributed by atoms with Gasteiger partial charge in [0.05, 0.1) is 13.2 Å². The number of morpholine rings is 1. The number of anilines is 1. The van der Waals surface area contributed by atoms with Crippen molar-refractivity contribution in [1.29, 1.82) is 0 Å². The molecule has 2 aromatic rings. The van der Waals surface area contributed by atoms with E-state index in [2.05, 4.69) is 10.6 Å². The van der Waals surface area contributed by atoms with Crippen molar-refractivity contribution in [3.05, 3.63) is 40.5 Å². The predicted molar refractivity (Wildman–Crippen MR) is 129 cm³/mol. The first kappa shape index (κ1) is 24.7. The molecule has 0 bridgehead atoms. The highest BCUT2D eigenvalue weighted by atomic mass is 16.5. The molecule has 0 spiro atoms. The topological polar surface area (TPSA) is 172 Å². The normalized spacial score (nSPS) is 20.2. The Labute approximate surface area is 212 Å². The third kappa shape index (κ3) is 4.49. The molecule has 0 radical (unpaired) electrons. The van der Waals surface area contributed by atoms with Gasteiger partial charge < -0.3 is 35.4 Å². The van der Waals surface area contributed by atoms with Crippen molar-refractivity contribution < 1.29 is 39.5 Å². The van der Waals surface area contributed by atoms with E-state index in [4.69, 9.17) is 4.74 Å². The molecular formula is C25H28N4O8. The van der Waals surface area contributed by atoms with E-state index in [1.54, 1.807) is 18.2 Å². The summed E-state index contributed by atoms with van der Waals surface area (Å²) in [5.74, 6) is -3.87.